The fourth-order valence-electron chi connectivity index (χ4n) is 2.31. The van der Waals surface area contributed by atoms with Crippen LogP contribution >= 0.6 is 9.47 Å². The molecule has 0 saturated heterocycles. The zero-order chi connectivity index (χ0) is 18.1. The number of nitrogens with zero attached hydrogens (tertiary/aromatic N) is 1. The summed E-state index contributed by atoms with van der Waals surface area (Å²) in [5, 5.41) is 0. The zero-order valence-electron chi connectivity index (χ0n) is 14.5. The molecule has 0 fully saturated rings. The van der Waals surface area contributed by atoms with E-state index < -0.39 is 11.9 Å². The maximum absolute atomic E-state index is 11.9. The van der Waals surface area contributed by atoms with Gasteiger partial charge in [-0.05, 0) is 31.6 Å². The molecule has 0 aromatic heterocycles. The minimum Gasteiger partial charge on any atom is -0.465 e. The van der Waals surface area contributed by atoms with Gasteiger partial charge in [-0.1, -0.05) is 0 Å². The van der Waals surface area contributed by atoms with Crippen LogP contribution in [-0.4, -0.2) is 57.4 Å². The highest BCUT2D eigenvalue weighted by Crippen LogP contribution is 2.25. The molecule has 1 rings (SSSR count). The Bertz CT molecular complexity index is 527. The molecule has 0 amide bonds. The molecule has 0 spiro atoms. The quantitative estimate of drug-likeness (QED) is 0.163. The number of hydrogen-bond donors (Lipinski definition) is 0. The number of rotatable bonds is 8. The molecule has 0 aromatic rings. The third kappa shape index (κ3) is 5.44. The first-order valence-electron chi connectivity index (χ1n) is 7.40. The Labute approximate surface area is 144 Å². The van der Waals surface area contributed by atoms with Gasteiger partial charge in [0.1, 0.15) is 0 Å². The smallest absolute Gasteiger partial charge is 0.345 e. The van der Waals surface area contributed by atoms with Crippen LogP contribution in [0.3, 0.4) is 0 Å². The highest BCUT2D eigenvalue weighted by molar-refractivity contribution is 7.09. The van der Waals surface area contributed by atoms with Gasteiger partial charge in [0.2, 0.25) is 0 Å². The summed E-state index contributed by atoms with van der Waals surface area (Å²) in [5.41, 5.74) is 2.13. The Morgan fingerprint density at radius 1 is 1.00 bits per heavy atom. The maximum atomic E-state index is 11.9. The lowest BCUT2D eigenvalue weighted by Gasteiger charge is -2.30. The van der Waals surface area contributed by atoms with E-state index in [0.717, 1.165) is 11.4 Å². The molecule has 0 N–H and O–H groups in total. The first-order chi connectivity index (χ1) is 11.5. The molecule has 1 heterocycles. The topological polar surface area (TPSA) is 74.3 Å². The minimum atomic E-state index is -0.723. The van der Waals surface area contributed by atoms with Crippen LogP contribution in [0.1, 0.15) is 13.8 Å². The molecule has 0 saturated carbocycles. The van der Waals surface area contributed by atoms with E-state index in [1.54, 1.807) is 12.2 Å². The van der Waals surface area contributed by atoms with Crippen LogP contribution in [0.2, 0.25) is 0 Å². The molecule has 1 aliphatic rings. The Morgan fingerprint density at radius 2 is 1.54 bits per heavy atom. The lowest BCUT2D eigenvalue weighted by molar-refractivity contribution is -0.144. The van der Waals surface area contributed by atoms with Crippen molar-refractivity contribution in [3.8, 4) is 0 Å². The third-order valence-corrected chi connectivity index (χ3v) is 3.69. The van der Waals surface area contributed by atoms with Gasteiger partial charge in [-0.15, -0.1) is 0 Å². The fraction of sp³-hybridized carbons (Fsp3) is 0.500. The van der Waals surface area contributed by atoms with Crippen molar-refractivity contribution in [3.63, 3.8) is 0 Å². The summed E-state index contributed by atoms with van der Waals surface area (Å²) < 4.78 is 19.7. The molecule has 1 unspecified atom stereocenters. The summed E-state index contributed by atoms with van der Waals surface area (Å²) in [6, 6.07) is 0. The van der Waals surface area contributed by atoms with E-state index in [2.05, 4.69) is 18.9 Å². The Kier molecular flexibility index (Phi) is 8.68. The second-order valence-corrected chi connectivity index (χ2v) is 5.35. The van der Waals surface area contributed by atoms with Crippen molar-refractivity contribution in [2.24, 2.45) is 0 Å². The van der Waals surface area contributed by atoms with Gasteiger partial charge in [0.25, 0.3) is 0 Å². The summed E-state index contributed by atoms with van der Waals surface area (Å²) in [6.45, 7) is 6.01. The van der Waals surface area contributed by atoms with Crippen LogP contribution in [0.4, 0.5) is 0 Å². The molecular formula is C16H24NO6P. The molecule has 8 heteroatoms. The number of carbonyl (C=O) groups is 2. The number of methoxy groups -OCH3 is 2. The average Bonchev–Trinajstić information content (AvgIpc) is 2.56. The first-order valence-corrected chi connectivity index (χ1v) is 7.87. The van der Waals surface area contributed by atoms with E-state index in [0.29, 0.717) is 31.9 Å². The van der Waals surface area contributed by atoms with E-state index in [-0.39, 0.29) is 5.57 Å². The van der Waals surface area contributed by atoms with E-state index in [1.165, 1.54) is 14.2 Å². The molecule has 24 heavy (non-hydrogen) atoms. The van der Waals surface area contributed by atoms with Crippen molar-refractivity contribution in [3.05, 3.63) is 34.7 Å². The fourth-order valence-corrected chi connectivity index (χ4v) is 2.41. The molecule has 0 bridgehead atoms. The first kappa shape index (κ1) is 20.4. The standard InChI is InChI=1S/C16H24NO6P/c1-11-9-13(14(15(18)20-3)16(19)21-4)10-12(2)17(11)5-6-22-7-8-23-24/h9-10H,5-8,24H2,1-4H3. The highest BCUT2D eigenvalue weighted by atomic mass is 31.0. The minimum absolute atomic E-state index is 0.118. The maximum Gasteiger partial charge on any atom is 0.345 e. The number of hydrogen-bond acceptors (Lipinski definition) is 7. The molecule has 134 valence electrons. The van der Waals surface area contributed by atoms with Crippen LogP contribution < -0.4 is 0 Å². The van der Waals surface area contributed by atoms with Gasteiger partial charge in [-0.2, -0.15) is 0 Å². The van der Waals surface area contributed by atoms with Crippen LogP contribution in [-0.2, 0) is 28.3 Å². The van der Waals surface area contributed by atoms with Gasteiger partial charge >= 0.3 is 11.9 Å². The van der Waals surface area contributed by atoms with E-state index in [1.807, 2.05) is 18.7 Å². The van der Waals surface area contributed by atoms with Gasteiger partial charge in [0.05, 0.1) is 34.0 Å². The van der Waals surface area contributed by atoms with E-state index in [4.69, 9.17) is 9.26 Å². The lowest BCUT2D eigenvalue weighted by Crippen LogP contribution is -2.28. The van der Waals surface area contributed by atoms with Crippen molar-refractivity contribution in [2.45, 2.75) is 13.8 Å². The van der Waals surface area contributed by atoms with Gasteiger partial charge in [0, 0.05) is 27.4 Å². The predicted molar refractivity (Wildman–Crippen MR) is 91.8 cm³/mol. The molecule has 1 atom stereocenters. The van der Waals surface area contributed by atoms with Gasteiger partial charge in [-0.25, -0.2) is 9.59 Å². The summed E-state index contributed by atoms with van der Waals surface area (Å²) in [7, 11) is 4.63. The SMILES string of the molecule is COC(=O)C(C(=O)OC)=C1C=C(C)N(CCOCCOP)C(C)=C1. The Morgan fingerprint density at radius 3 is 2.00 bits per heavy atom. The van der Waals surface area contributed by atoms with E-state index >= 15 is 0 Å². The van der Waals surface area contributed by atoms with Crippen molar-refractivity contribution in [1.82, 2.24) is 4.90 Å². The monoisotopic (exact) mass is 357 g/mol. The van der Waals surface area contributed by atoms with Gasteiger partial charge in [-0.3, -0.25) is 0 Å². The molecule has 1 aliphatic heterocycles. The Balaban J connectivity index is 2.94. The zero-order valence-corrected chi connectivity index (χ0v) is 15.6. The highest BCUT2D eigenvalue weighted by Gasteiger charge is 2.25. The second kappa shape index (κ2) is 10.2. The van der Waals surface area contributed by atoms with Gasteiger partial charge in [0.15, 0.2) is 5.57 Å². The summed E-state index contributed by atoms with van der Waals surface area (Å²) in [6.07, 6.45) is 3.50. The van der Waals surface area contributed by atoms with Crippen molar-refractivity contribution in [1.29, 1.82) is 0 Å². The molecular weight excluding hydrogens is 333 g/mol. The van der Waals surface area contributed by atoms with Crippen molar-refractivity contribution in [2.75, 3.05) is 40.6 Å². The normalized spacial score (nSPS) is 14.0. The number of ether oxygens (including phenoxy) is 3. The number of esters is 2. The molecule has 0 radical (unpaired) electrons. The molecule has 0 aromatic carbocycles. The van der Waals surface area contributed by atoms with Crippen LogP contribution in [0, 0.1) is 0 Å². The van der Waals surface area contributed by atoms with Crippen molar-refractivity contribution >= 4 is 21.4 Å². The third-order valence-electron chi connectivity index (χ3n) is 3.45. The van der Waals surface area contributed by atoms with Crippen molar-refractivity contribution < 1.29 is 28.3 Å². The molecule has 7 nitrogen and oxygen atoms in total. The number of allylic oxidation sites excluding steroid dienone is 5. The number of carbonyl (C=O) groups excluding carboxylic acids is 2. The molecule has 0 aliphatic carbocycles. The summed E-state index contributed by atoms with van der Waals surface area (Å²) >= 11 is 0. The lowest BCUT2D eigenvalue weighted by atomic mass is 10.0. The summed E-state index contributed by atoms with van der Waals surface area (Å²) in [5.74, 6) is -1.45. The predicted octanol–water partition coefficient (Wildman–Crippen LogP) is 1.58. The van der Waals surface area contributed by atoms with Crippen LogP contribution in [0.5, 0.6) is 0 Å². The largest absolute Gasteiger partial charge is 0.465 e. The second-order valence-electron chi connectivity index (χ2n) is 5.02. The summed E-state index contributed by atoms with van der Waals surface area (Å²) in [4.78, 5) is 25.8. The Hall–Kier alpha value is -1.69. The van der Waals surface area contributed by atoms with Gasteiger partial charge < -0.3 is 23.6 Å². The van der Waals surface area contributed by atoms with E-state index in [9.17, 15) is 9.59 Å². The average molecular weight is 357 g/mol. The van der Waals surface area contributed by atoms with Crippen LogP contribution in [0.15, 0.2) is 34.7 Å². The van der Waals surface area contributed by atoms with Crippen LogP contribution in [0.25, 0.3) is 0 Å².